The number of carbonyl (C=O) groups is 1. The van der Waals surface area contributed by atoms with E-state index in [1.807, 2.05) is 0 Å². The molecule has 3 heteroatoms. The molecule has 0 bridgehead atoms. The standard InChI is InChI=1S/C37H69BrO2/c1-4-7-10-13-16-19-22-25-30-35(31-26-23-20-17-14-11-8-5-2)36(40-37(39)33-28-29-34-38)32-27-24-21-18-15-12-9-6-3/h16-17,19-20,35-36H,4-15,18,21-34H2,1-3H3. The van der Waals surface area contributed by atoms with Crippen molar-refractivity contribution in [1.82, 2.24) is 0 Å². The molecule has 40 heavy (non-hydrogen) atoms. The van der Waals surface area contributed by atoms with Crippen LogP contribution in [-0.2, 0) is 9.53 Å². The van der Waals surface area contributed by atoms with Gasteiger partial charge in [0.25, 0.3) is 0 Å². The Morgan fingerprint density at radius 1 is 0.550 bits per heavy atom. The lowest BCUT2D eigenvalue weighted by atomic mass is 9.87. The number of alkyl halides is 1. The van der Waals surface area contributed by atoms with Gasteiger partial charge in [0.15, 0.2) is 0 Å². The van der Waals surface area contributed by atoms with Crippen LogP contribution in [0.15, 0.2) is 24.3 Å². The predicted octanol–water partition coefficient (Wildman–Crippen LogP) is 13.2. The molecule has 2 nitrogen and oxygen atoms in total. The van der Waals surface area contributed by atoms with Crippen LogP contribution < -0.4 is 0 Å². The third-order valence-corrected chi connectivity index (χ3v) is 8.65. The highest BCUT2D eigenvalue weighted by molar-refractivity contribution is 9.09. The molecular weight excluding hydrogens is 556 g/mol. The minimum atomic E-state index is 0.0298. The van der Waals surface area contributed by atoms with Crippen LogP contribution in [0.1, 0.15) is 188 Å². The molecule has 0 aromatic heterocycles. The van der Waals surface area contributed by atoms with Crippen molar-refractivity contribution in [3.63, 3.8) is 0 Å². The Kier molecular flexibility index (Phi) is 32.5. The first-order valence-corrected chi connectivity index (χ1v) is 18.9. The molecule has 0 N–H and O–H groups in total. The van der Waals surface area contributed by atoms with Gasteiger partial charge in [0.2, 0.25) is 0 Å². The van der Waals surface area contributed by atoms with E-state index in [0.29, 0.717) is 12.3 Å². The van der Waals surface area contributed by atoms with Crippen LogP contribution in [-0.4, -0.2) is 17.4 Å². The summed E-state index contributed by atoms with van der Waals surface area (Å²) < 4.78 is 6.27. The Morgan fingerprint density at radius 2 is 1.00 bits per heavy atom. The lowest BCUT2D eigenvalue weighted by molar-refractivity contribution is -0.153. The van der Waals surface area contributed by atoms with E-state index in [1.165, 1.54) is 128 Å². The maximum absolute atomic E-state index is 12.8. The molecule has 0 spiro atoms. The lowest BCUT2D eigenvalue weighted by Crippen LogP contribution is -2.27. The number of ether oxygens (including phenoxy) is 1. The average Bonchev–Trinajstić information content (AvgIpc) is 2.95. The fourth-order valence-electron chi connectivity index (χ4n) is 5.47. The molecule has 1 unspecified atom stereocenters. The number of hydrogen-bond donors (Lipinski definition) is 0. The quantitative estimate of drug-likeness (QED) is 0.0332. The third kappa shape index (κ3) is 27.6. The van der Waals surface area contributed by atoms with Crippen LogP contribution in [0.4, 0.5) is 0 Å². The number of rotatable bonds is 31. The SMILES string of the molecule is CCCCCC=CCCCC(CCCC=CCCCCC)C(CCCCCCCCCC)OC(=O)CCCCBr. The van der Waals surface area contributed by atoms with Gasteiger partial charge in [-0.25, -0.2) is 0 Å². The Balaban J connectivity index is 4.98. The summed E-state index contributed by atoms with van der Waals surface area (Å²) in [4.78, 5) is 12.8. The van der Waals surface area contributed by atoms with E-state index in [9.17, 15) is 4.79 Å². The normalized spacial score (nSPS) is 13.4. The smallest absolute Gasteiger partial charge is 0.306 e. The van der Waals surface area contributed by atoms with E-state index in [1.54, 1.807) is 0 Å². The van der Waals surface area contributed by atoms with Crippen molar-refractivity contribution in [3.8, 4) is 0 Å². The van der Waals surface area contributed by atoms with Crippen molar-refractivity contribution in [1.29, 1.82) is 0 Å². The van der Waals surface area contributed by atoms with Crippen LogP contribution in [0.5, 0.6) is 0 Å². The summed E-state index contributed by atoms with van der Waals surface area (Å²) in [6.07, 6.45) is 41.2. The van der Waals surface area contributed by atoms with Gasteiger partial charge in [0.05, 0.1) is 0 Å². The second kappa shape index (κ2) is 32.9. The number of hydrogen-bond acceptors (Lipinski definition) is 2. The molecule has 0 aliphatic rings. The molecule has 0 heterocycles. The van der Waals surface area contributed by atoms with E-state index in [-0.39, 0.29) is 12.1 Å². The molecule has 0 saturated heterocycles. The van der Waals surface area contributed by atoms with Gasteiger partial charge in [-0.3, -0.25) is 4.79 Å². The minimum absolute atomic E-state index is 0.0298. The maximum atomic E-state index is 12.8. The Morgan fingerprint density at radius 3 is 1.50 bits per heavy atom. The van der Waals surface area contributed by atoms with Crippen molar-refractivity contribution in [2.45, 2.75) is 194 Å². The minimum Gasteiger partial charge on any atom is -0.462 e. The molecule has 236 valence electrons. The van der Waals surface area contributed by atoms with Gasteiger partial charge in [-0.2, -0.15) is 0 Å². The van der Waals surface area contributed by atoms with E-state index in [0.717, 1.165) is 37.4 Å². The molecule has 1 atom stereocenters. The van der Waals surface area contributed by atoms with E-state index in [2.05, 4.69) is 61.0 Å². The molecule has 0 rings (SSSR count). The molecule has 0 radical (unpaired) electrons. The summed E-state index contributed by atoms with van der Waals surface area (Å²) in [5, 5.41) is 0.961. The molecule has 0 aliphatic carbocycles. The lowest BCUT2D eigenvalue weighted by Gasteiger charge is -2.27. The number of carbonyl (C=O) groups excluding carboxylic acids is 1. The number of esters is 1. The monoisotopic (exact) mass is 624 g/mol. The summed E-state index contributed by atoms with van der Waals surface area (Å²) in [6.45, 7) is 6.82. The van der Waals surface area contributed by atoms with Gasteiger partial charge >= 0.3 is 5.97 Å². The van der Waals surface area contributed by atoms with Crippen molar-refractivity contribution < 1.29 is 9.53 Å². The van der Waals surface area contributed by atoms with Gasteiger partial charge in [0, 0.05) is 11.8 Å². The van der Waals surface area contributed by atoms with Crippen LogP contribution in [0.3, 0.4) is 0 Å². The highest BCUT2D eigenvalue weighted by Crippen LogP contribution is 2.27. The zero-order valence-corrected chi connectivity index (χ0v) is 28.8. The molecule has 0 saturated carbocycles. The maximum Gasteiger partial charge on any atom is 0.306 e. The second-order valence-corrected chi connectivity index (χ2v) is 12.8. The fraction of sp³-hybridized carbons (Fsp3) is 0.865. The molecular formula is C37H69BrO2. The number of unbranched alkanes of at least 4 members (excludes halogenated alkanes) is 16. The summed E-state index contributed by atoms with van der Waals surface area (Å²) in [7, 11) is 0. The topological polar surface area (TPSA) is 26.3 Å². The van der Waals surface area contributed by atoms with E-state index >= 15 is 0 Å². The number of halogens is 1. The van der Waals surface area contributed by atoms with Gasteiger partial charge in [-0.1, -0.05) is 132 Å². The van der Waals surface area contributed by atoms with Gasteiger partial charge in [-0.15, -0.1) is 0 Å². The molecule has 0 fully saturated rings. The van der Waals surface area contributed by atoms with Gasteiger partial charge in [-0.05, 0) is 95.8 Å². The molecule has 0 aromatic rings. The third-order valence-electron chi connectivity index (χ3n) is 8.09. The van der Waals surface area contributed by atoms with E-state index < -0.39 is 0 Å². The van der Waals surface area contributed by atoms with Gasteiger partial charge in [0.1, 0.15) is 6.10 Å². The highest BCUT2D eigenvalue weighted by Gasteiger charge is 2.24. The predicted molar refractivity (Wildman–Crippen MR) is 183 cm³/mol. The first kappa shape index (κ1) is 39.4. The summed E-state index contributed by atoms with van der Waals surface area (Å²) in [5.74, 6) is 0.522. The van der Waals surface area contributed by atoms with Crippen LogP contribution in [0.25, 0.3) is 0 Å². The fourth-order valence-corrected chi connectivity index (χ4v) is 5.87. The second-order valence-electron chi connectivity index (χ2n) is 12.0. The average molecular weight is 626 g/mol. The van der Waals surface area contributed by atoms with Crippen LogP contribution in [0, 0.1) is 5.92 Å². The Bertz CT molecular complexity index is 545. The first-order valence-electron chi connectivity index (χ1n) is 17.7. The largest absolute Gasteiger partial charge is 0.462 e. The highest BCUT2D eigenvalue weighted by atomic mass is 79.9. The van der Waals surface area contributed by atoms with E-state index in [4.69, 9.17) is 4.74 Å². The van der Waals surface area contributed by atoms with Crippen molar-refractivity contribution in [3.05, 3.63) is 24.3 Å². The molecule has 0 aromatic carbocycles. The van der Waals surface area contributed by atoms with Crippen molar-refractivity contribution in [2.24, 2.45) is 5.92 Å². The number of allylic oxidation sites excluding steroid dienone is 4. The summed E-state index contributed by atoms with van der Waals surface area (Å²) in [6, 6.07) is 0. The summed E-state index contributed by atoms with van der Waals surface area (Å²) in [5.41, 5.74) is 0. The Hall–Kier alpha value is -0.570. The van der Waals surface area contributed by atoms with Crippen molar-refractivity contribution in [2.75, 3.05) is 5.33 Å². The zero-order valence-electron chi connectivity index (χ0n) is 27.3. The van der Waals surface area contributed by atoms with Gasteiger partial charge < -0.3 is 4.74 Å². The Labute approximate surface area is 260 Å². The first-order chi connectivity index (χ1) is 19.7. The summed E-state index contributed by atoms with van der Waals surface area (Å²) >= 11 is 3.50. The molecule has 0 aliphatic heterocycles. The van der Waals surface area contributed by atoms with Crippen molar-refractivity contribution >= 4 is 21.9 Å². The zero-order chi connectivity index (χ0) is 29.4. The molecule has 0 amide bonds. The van der Waals surface area contributed by atoms with Crippen LogP contribution >= 0.6 is 15.9 Å². The van der Waals surface area contributed by atoms with Crippen LogP contribution in [0.2, 0.25) is 0 Å².